The van der Waals surface area contributed by atoms with Gasteiger partial charge in [-0.1, -0.05) is 26.0 Å². The molecule has 1 heterocycles. The summed E-state index contributed by atoms with van der Waals surface area (Å²) in [6.07, 6.45) is -2.46. The third kappa shape index (κ3) is 5.36. The molecule has 8 heteroatoms. The lowest BCUT2D eigenvalue weighted by atomic mass is 9.88. The van der Waals surface area contributed by atoms with Crippen molar-refractivity contribution in [1.82, 2.24) is 15.3 Å². The monoisotopic (exact) mass is 423 g/mol. The standard InChI is InChI=1S/C22H28F3N3O2/c1-13(2)11-27-19-10-20(30)18(12-29)17(19)9-16-6-7-26-21(28-16)14-4-3-5-15(8-14)22(23,24)25/h3-8,13,17-20,27,29-30H,9-12H2,1-2H3. The van der Waals surface area contributed by atoms with Crippen LogP contribution in [0.25, 0.3) is 11.4 Å². The molecular weight excluding hydrogens is 395 g/mol. The first-order valence-corrected chi connectivity index (χ1v) is 10.2. The van der Waals surface area contributed by atoms with E-state index in [4.69, 9.17) is 0 Å². The first-order chi connectivity index (χ1) is 14.2. The summed E-state index contributed by atoms with van der Waals surface area (Å²) in [5.74, 6) is 0.363. The molecule has 2 aromatic rings. The van der Waals surface area contributed by atoms with Crippen molar-refractivity contribution in [3.8, 4) is 11.4 Å². The maximum absolute atomic E-state index is 13.0. The van der Waals surface area contributed by atoms with Crippen LogP contribution in [-0.2, 0) is 12.6 Å². The van der Waals surface area contributed by atoms with Crippen molar-refractivity contribution in [2.75, 3.05) is 13.2 Å². The molecule has 3 N–H and O–H groups in total. The van der Waals surface area contributed by atoms with Crippen molar-refractivity contribution in [3.05, 3.63) is 47.8 Å². The van der Waals surface area contributed by atoms with Crippen molar-refractivity contribution in [2.45, 2.75) is 45.0 Å². The highest BCUT2D eigenvalue weighted by molar-refractivity contribution is 5.56. The Hall–Kier alpha value is -2.03. The van der Waals surface area contributed by atoms with E-state index in [9.17, 15) is 23.4 Å². The summed E-state index contributed by atoms with van der Waals surface area (Å²) in [7, 11) is 0. The predicted molar refractivity (Wildman–Crippen MR) is 107 cm³/mol. The predicted octanol–water partition coefficient (Wildman–Crippen LogP) is 3.31. The summed E-state index contributed by atoms with van der Waals surface area (Å²) in [4.78, 5) is 8.63. The third-order valence-corrected chi connectivity index (χ3v) is 5.66. The van der Waals surface area contributed by atoms with Gasteiger partial charge in [-0.05, 0) is 49.4 Å². The topological polar surface area (TPSA) is 78.3 Å². The number of hydrogen-bond acceptors (Lipinski definition) is 5. The quantitative estimate of drug-likeness (QED) is 0.637. The Balaban J connectivity index is 1.83. The summed E-state index contributed by atoms with van der Waals surface area (Å²) >= 11 is 0. The highest BCUT2D eigenvalue weighted by atomic mass is 19.4. The van der Waals surface area contributed by atoms with E-state index in [0.29, 0.717) is 30.0 Å². The van der Waals surface area contributed by atoms with Gasteiger partial charge in [0, 0.05) is 36.0 Å². The van der Waals surface area contributed by atoms with Gasteiger partial charge >= 0.3 is 6.18 Å². The van der Waals surface area contributed by atoms with E-state index in [1.807, 2.05) is 0 Å². The second-order valence-electron chi connectivity index (χ2n) is 8.38. The first-order valence-electron chi connectivity index (χ1n) is 10.2. The lowest BCUT2D eigenvalue weighted by molar-refractivity contribution is -0.137. The number of aliphatic hydroxyl groups excluding tert-OH is 2. The molecule has 0 saturated heterocycles. The first kappa shape index (κ1) is 22.7. The normalized spacial score (nSPS) is 24.5. The summed E-state index contributed by atoms with van der Waals surface area (Å²) in [6, 6.07) is 6.72. The lowest BCUT2D eigenvalue weighted by Gasteiger charge is -2.25. The number of alkyl halides is 3. The molecule has 4 atom stereocenters. The number of nitrogens with zero attached hydrogens (tertiary/aromatic N) is 2. The second-order valence-corrected chi connectivity index (χ2v) is 8.38. The van der Waals surface area contributed by atoms with Crippen LogP contribution in [0.1, 0.15) is 31.5 Å². The van der Waals surface area contributed by atoms with E-state index in [0.717, 1.165) is 18.7 Å². The molecule has 5 nitrogen and oxygen atoms in total. The van der Waals surface area contributed by atoms with Gasteiger partial charge in [-0.25, -0.2) is 9.97 Å². The zero-order chi connectivity index (χ0) is 21.9. The fourth-order valence-electron chi connectivity index (χ4n) is 4.09. The number of benzene rings is 1. The molecule has 3 rings (SSSR count). The molecule has 164 valence electrons. The third-order valence-electron chi connectivity index (χ3n) is 5.66. The van der Waals surface area contributed by atoms with Crippen LogP contribution in [0, 0.1) is 17.8 Å². The van der Waals surface area contributed by atoms with Gasteiger partial charge in [0.15, 0.2) is 5.82 Å². The molecule has 0 radical (unpaired) electrons. The number of halogens is 3. The molecular formula is C22H28F3N3O2. The SMILES string of the molecule is CC(C)CNC1CC(O)C(CO)C1Cc1ccnc(-c2cccc(C(F)(F)F)c2)n1. The second kappa shape index (κ2) is 9.41. The molecule has 1 aromatic carbocycles. The maximum Gasteiger partial charge on any atom is 0.416 e. The largest absolute Gasteiger partial charge is 0.416 e. The smallest absolute Gasteiger partial charge is 0.396 e. The molecule has 4 unspecified atom stereocenters. The molecule has 0 bridgehead atoms. The van der Waals surface area contributed by atoms with Crippen LogP contribution in [0.4, 0.5) is 13.2 Å². The zero-order valence-electron chi connectivity index (χ0n) is 17.1. The molecule has 1 saturated carbocycles. The highest BCUT2D eigenvalue weighted by Gasteiger charge is 2.42. The molecule has 30 heavy (non-hydrogen) atoms. The van der Waals surface area contributed by atoms with Crippen LogP contribution < -0.4 is 5.32 Å². The summed E-state index contributed by atoms with van der Waals surface area (Å²) < 4.78 is 39.1. The minimum Gasteiger partial charge on any atom is -0.396 e. The van der Waals surface area contributed by atoms with E-state index in [1.165, 1.54) is 12.3 Å². The Bertz CT molecular complexity index is 844. The average molecular weight is 423 g/mol. The van der Waals surface area contributed by atoms with E-state index < -0.39 is 17.8 Å². The fourth-order valence-corrected chi connectivity index (χ4v) is 4.09. The van der Waals surface area contributed by atoms with Crippen molar-refractivity contribution in [2.24, 2.45) is 17.8 Å². The molecule has 1 aromatic heterocycles. The Labute approximate surface area is 174 Å². The fraction of sp³-hybridized carbons (Fsp3) is 0.545. The van der Waals surface area contributed by atoms with Crippen molar-refractivity contribution in [3.63, 3.8) is 0 Å². The van der Waals surface area contributed by atoms with Gasteiger partial charge in [-0.15, -0.1) is 0 Å². The summed E-state index contributed by atoms with van der Waals surface area (Å²) in [6.45, 7) is 4.87. The van der Waals surface area contributed by atoms with Crippen LogP contribution in [-0.4, -0.2) is 45.5 Å². The van der Waals surface area contributed by atoms with Gasteiger partial charge in [0.05, 0.1) is 11.7 Å². The van der Waals surface area contributed by atoms with E-state index in [2.05, 4.69) is 29.1 Å². The highest BCUT2D eigenvalue weighted by Crippen LogP contribution is 2.35. The Kier molecular flexibility index (Phi) is 7.10. The van der Waals surface area contributed by atoms with Gasteiger partial charge < -0.3 is 15.5 Å². The van der Waals surface area contributed by atoms with E-state index in [1.54, 1.807) is 12.1 Å². The van der Waals surface area contributed by atoms with E-state index in [-0.39, 0.29) is 30.3 Å². The lowest BCUT2D eigenvalue weighted by Crippen LogP contribution is -2.38. The van der Waals surface area contributed by atoms with Gasteiger partial charge in [0.1, 0.15) is 0 Å². The average Bonchev–Trinajstić information content (AvgIpc) is 3.00. The van der Waals surface area contributed by atoms with Crippen molar-refractivity contribution < 1.29 is 23.4 Å². The van der Waals surface area contributed by atoms with Crippen molar-refractivity contribution in [1.29, 1.82) is 0 Å². The Morgan fingerprint density at radius 1 is 1.20 bits per heavy atom. The number of nitrogens with one attached hydrogen (secondary N) is 1. The van der Waals surface area contributed by atoms with Gasteiger partial charge in [0.25, 0.3) is 0 Å². The summed E-state index contributed by atoms with van der Waals surface area (Å²) in [5.41, 5.74) is 0.226. The van der Waals surface area contributed by atoms with E-state index >= 15 is 0 Å². The minimum absolute atomic E-state index is 0.0338. The minimum atomic E-state index is -4.43. The van der Waals surface area contributed by atoms with Crippen LogP contribution in [0.3, 0.4) is 0 Å². The number of aliphatic hydroxyl groups is 2. The molecule has 1 fully saturated rings. The van der Waals surface area contributed by atoms with Crippen LogP contribution >= 0.6 is 0 Å². The molecule has 0 spiro atoms. The molecule has 0 amide bonds. The maximum atomic E-state index is 13.0. The number of rotatable bonds is 7. The molecule has 1 aliphatic rings. The zero-order valence-corrected chi connectivity index (χ0v) is 17.1. The molecule has 1 aliphatic carbocycles. The summed E-state index contributed by atoms with van der Waals surface area (Å²) in [5, 5.41) is 23.6. The van der Waals surface area contributed by atoms with Gasteiger partial charge in [-0.3, -0.25) is 0 Å². The van der Waals surface area contributed by atoms with Crippen LogP contribution in [0.5, 0.6) is 0 Å². The van der Waals surface area contributed by atoms with Crippen LogP contribution in [0.15, 0.2) is 36.5 Å². The Morgan fingerprint density at radius 3 is 2.63 bits per heavy atom. The van der Waals surface area contributed by atoms with Gasteiger partial charge in [0.2, 0.25) is 0 Å². The van der Waals surface area contributed by atoms with Crippen LogP contribution in [0.2, 0.25) is 0 Å². The van der Waals surface area contributed by atoms with Gasteiger partial charge in [-0.2, -0.15) is 13.2 Å². The number of hydrogen-bond donors (Lipinski definition) is 3. The number of aromatic nitrogens is 2. The van der Waals surface area contributed by atoms with Crippen molar-refractivity contribution >= 4 is 0 Å². The molecule has 0 aliphatic heterocycles. The Morgan fingerprint density at radius 2 is 1.97 bits per heavy atom.